The Morgan fingerprint density at radius 2 is 0.623 bits per heavy atom. The van der Waals surface area contributed by atoms with Crippen LogP contribution in [-0.2, 0) is 5.41 Å². The van der Waals surface area contributed by atoms with E-state index in [-0.39, 0.29) is 12.1 Å². The summed E-state index contributed by atoms with van der Waals surface area (Å²) >= 11 is 0. The summed E-state index contributed by atoms with van der Waals surface area (Å²) in [5.74, 6) is 0. The lowest BCUT2D eigenvalue weighted by Gasteiger charge is -2.45. The number of hydrogen-bond donors (Lipinski definition) is 0. The first-order valence-corrected chi connectivity index (χ1v) is 21.4. The van der Waals surface area contributed by atoms with Crippen LogP contribution in [0.3, 0.4) is 0 Å². The molecule has 0 amide bonds. The third-order valence-corrected chi connectivity index (χ3v) is 12.6. The fraction of sp³-hybridized carbons (Fsp3) is 0.0690. The van der Waals surface area contributed by atoms with E-state index in [9.17, 15) is 0 Å². The number of fused-ring (bicyclic) bond motifs is 4. The van der Waals surface area contributed by atoms with Gasteiger partial charge in [-0.25, -0.2) is 0 Å². The van der Waals surface area contributed by atoms with Crippen LogP contribution >= 0.6 is 0 Å². The highest BCUT2D eigenvalue weighted by Crippen LogP contribution is 2.47. The number of anilines is 6. The van der Waals surface area contributed by atoms with E-state index in [4.69, 9.17) is 0 Å². The molecule has 0 aromatic heterocycles. The molecule has 0 bridgehead atoms. The average molecular weight is 781 g/mol. The normalized spacial score (nSPS) is 12.7. The lowest BCUT2D eigenvalue weighted by molar-refractivity contribution is 0.590. The highest BCUT2D eigenvalue weighted by atomic mass is 15.2. The Morgan fingerprint density at radius 1 is 0.311 bits per heavy atom. The van der Waals surface area contributed by atoms with E-state index in [1.165, 1.54) is 89.2 Å². The molecule has 0 saturated heterocycles. The van der Waals surface area contributed by atoms with Crippen molar-refractivity contribution in [2.24, 2.45) is 0 Å². The van der Waals surface area contributed by atoms with Gasteiger partial charge >= 0.3 is 0 Å². The Morgan fingerprint density at radius 3 is 0.967 bits per heavy atom. The zero-order valence-electron chi connectivity index (χ0n) is 34.8. The van der Waals surface area contributed by atoms with Crippen molar-refractivity contribution in [2.75, 3.05) is 9.80 Å². The van der Waals surface area contributed by atoms with Crippen molar-refractivity contribution in [3.63, 3.8) is 0 Å². The topological polar surface area (TPSA) is 6.48 Å². The van der Waals surface area contributed by atoms with Gasteiger partial charge in [-0.1, -0.05) is 191 Å². The molecule has 2 aliphatic rings. The van der Waals surface area contributed by atoms with Crippen molar-refractivity contribution >= 4 is 57.2 Å². The maximum atomic E-state index is 2.54. The average Bonchev–Trinajstić information content (AvgIpc) is 3.32. The van der Waals surface area contributed by atoms with Gasteiger partial charge in [-0.3, -0.25) is 0 Å². The van der Waals surface area contributed by atoms with Crippen LogP contribution < -0.4 is 26.2 Å². The number of hydrogen-bond acceptors (Lipinski definition) is 2. The van der Waals surface area contributed by atoms with Gasteiger partial charge < -0.3 is 9.80 Å². The van der Waals surface area contributed by atoms with Crippen LogP contribution in [0, 0.1) is 0 Å². The fourth-order valence-electron chi connectivity index (χ4n) is 9.47. The Balaban J connectivity index is 1.19. The predicted molar refractivity (Wildman–Crippen MR) is 261 cm³/mol. The monoisotopic (exact) mass is 780 g/mol. The van der Waals surface area contributed by atoms with Gasteiger partial charge in [0.25, 0.3) is 6.71 Å². The highest BCUT2D eigenvalue weighted by molar-refractivity contribution is 7.00. The minimum Gasteiger partial charge on any atom is -0.311 e. The van der Waals surface area contributed by atoms with Gasteiger partial charge in [-0.15, -0.1) is 0 Å². The molecule has 2 heterocycles. The van der Waals surface area contributed by atoms with Crippen LogP contribution in [0.2, 0.25) is 0 Å². The summed E-state index contributed by atoms with van der Waals surface area (Å²) in [4.78, 5) is 5.09. The molecule has 2 aliphatic heterocycles. The first-order chi connectivity index (χ1) is 29.9. The summed E-state index contributed by atoms with van der Waals surface area (Å²) in [6.07, 6.45) is 0. The quantitative estimate of drug-likeness (QED) is 0.155. The third kappa shape index (κ3) is 6.45. The molecule has 0 fully saturated rings. The van der Waals surface area contributed by atoms with Gasteiger partial charge in [0, 0.05) is 34.1 Å². The van der Waals surface area contributed by atoms with Gasteiger partial charge in [-0.05, 0) is 120 Å². The SMILES string of the molecule is CC(C)(C)c1cc2c3c(c1)N(c1ccc(-c4ccccc4)cc1)c1cc(-c4ccccc4)ccc1B3c1ccc(-c3ccccc3)cc1N2c1ccc(-c2ccccc2)cc1. The van der Waals surface area contributed by atoms with Gasteiger partial charge in [0.2, 0.25) is 0 Å². The van der Waals surface area contributed by atoms with E-state index < -0.39 is 0 Å². The van der Waals surface area contributed by atoms with E-state index >= 15 is 0 Å². The van der Waals surface area contributed by atoms with E-state index in [2.05, 4.69) is 249 Å². The van der Waals surface area contributed by atoms with Crippen molar-refractivity contribution in [3.8, 4) is 44.5 Å². The van der Waals surface area contributed by atoms with Crippen LogP contribution in [0.1, 0.15) is 26.3 Å². The second-order valence-electron chi connectivity index (χ2n) is 17.4. The van der Waals surface area contributed by atoms with Crippen LogP contribution in [0.4, 0.5) is 34.1 Å². The van der Waals surface area contributed by atoms with Crippen LogP contribution in [0.15, 0.2) is 218 Å². The maximum Gasteiger partial charge on any atom is 0.252 e. The standard InChI is InChI=1S/C58H45BN2/c1-58(2,3)48-38-55-57-56(39-48)61(50-32-26-45(27-33-50)41-18-10-5-11-19-41)54-37-47(43-22-14-7-15-23-43)29-35-52(54)59(57)51-34-28-46(42-20-12-6-13-21-42)36-53(51)60(55)49-30-24-44(25-31-49)40-16-8-4-9-17-40/h4-39H,1-3H3. The van der Waals surface area contributed by atoms with Crippen molar-refractivity contribution in [1.29, 1.82) is 0 Å². The third-order valence-electron chi connectivity index (χ3n) is 12.6. The number of nitrogens with zero attached hydrogens (tertiary/aromatic N) is 2. The van der Waals surface area contributed by atoms with Crippen molar-refractivity contribution < 1.29 is 0 Å². The van der Waals surface area contributed by atoms with E-state index in [0.29, 0.717) is 0 Å². The molecule has 61 heavy (non-hydrogen) atoms. The summed E-state index contributed by atoms with van der Waals surface area (Å²) in [6.45, 7) is 7.03. The molecule has 0 N–H and O–H groups in total. The smallest absolute Gasteiger partial charge is 0.252 e. The largest absolute Gasteiger partial charge is 0.311 e. The van der Waals surface area contributed by atoms with E-state index in [0.717, 1.165) is 11.4 Å². The predicted octanol–water partition coefficient (Wildman–Crippen LogP) is 13.7. The highest BCUT2D eigenvalue weighted by Gasteiger charge is 2.44. The molecular weight excluding hydrogens is 735 g/mol. The molecule has 11 rings (SSSR count). The first kappa shape index (κ1) is 36.7. The van der Waals surface area contributed by atoms with Gasteiger partial charge in [-0.2, -0.15) is 0 Å². The fourth-order valence-corrected chi connectivity index (χ4v) is 9.47. The van der Waals surface area contributed by atoms with Gasteiger partial charge in [0.1, 0.15) is 0 Å². The number of benzene rings is 9. The Kier molecular flexibility index (Phi) is 8.86. The van der Waals surface area contributed by atoms with Crippen LogP contribution in [-0.4, -0.2) is 6.71 Å². The molecule has 0 atom stereocenters. The molecular formula is C58H45BN2. The molecule has 0 unspecified atom stereocenters. The zero-order valence-corrected chi connectivity index (χ0v) is 34.8. The Labute approximate surface area is 360 Å². The molecule has 9 aromatic carbocycles. The van der Waals surface area contributed by atoms with Crippen LogP contribution in [0.25, 0.3) is 44.5 Å². The van der Waals surface area contributed by atoms with Crippen molar-refractivity contribution in [3.05, 3.63) is 224 Å². The second kappa shape index (κ2) is 14.7. The molecule has 290 valence electrons. The van der Waals surface area contributed by atoms with Gasteiger partial charge in [0.15, 0.2) is 0 Å². The molecule has 0 radical (unpaired) electrons. The lowest BCUT2D eigenvalue weighted by atomic mass is 9.33. The van der Waals surface area contributed by atoms with Gasteiger partial charge in [0.05, 0.1) is 0 Å². The van der Waals surface area contributed by atoms with Crippen molar-refractivity contribution in [1.82, 2.24) is 0 Å². The Bertz CT molecular complexity index is 2830. The minimum absolute atomic E-state index is 0.0124. The second-order valence-corrected chi connectivity index (χ2v) is 17.4. The minimum atomic E-state index is -0.120. The lowest BCUT2D eigenvalue weighted by Crippen LogP contribution is -2.61. The molecule has 2 nitrogen and oxygen atoms in total. The summed E-state index contributed by atoms with van der Waals surface area (Å²) in [6, 6.07) is 80.5. The van der Waals surface area contributed by atoms with E-state index in [1.807, 2.05) is 0 Å². The Hall–Kier alpha value is -7.36. The van der Waals surface area contributed by atoms with Crippen molar-refractivity contribution in [2.45, 2.75) is 26.2 Å². The molecule has 0 aliphatic carbocycles. The van der Waals surface area contributed by atoms with Crippen LogP contribution in [0.5, 0.6) is 0 Å². The molecule has 9 aromatic rings. The van der Waals surface area contributed by atoms with E-state index in [1.54, 1.807) is 0 Å². The maximum absolute atomic E-state index is 2.54. The summed E-state index contributed by atoms with van der Waals surface area (Å²) < 4.78 is 0. The summed E-state index contributed by atoms with van der Waals surface area (Å²) in [7, 11) is 0. The number of rotatable bonds is 6. The molecule has 0 spiro atoms. The zero-order chi connectivity index (χ0) is 41.1. The summed E-state index contributed by atoms with van der Waals surface area (Å²) in [5, 5.41) is 0. The summed E-state index contributed by atoms with van der Waals surface area (Å²) in [5.41, 5.74) is 21.9. The molecule has 3 heteroatoms. The molecule has 0 saturated carbocycles. The first-order valence-electron chi connectivity index (χ1n) is 21.4.